The second-order valence-corrected chi connectivity index (χ2v) is 6.69. The van der Waals surface area contributed by atoms with Crippen molar-refractivity contribution in [3.05, 3.63) is 81.5 Å². The topological polar surface area (TPSA) is 46.9 Å². The quantitative estimate of drug-likeness (QED) is 0.717. The first kappa shape index (κ1) is 16.5. The minimum absolute atomic E-state index is 0.167. The molecule has 0 aliphatic carbocycles. The fourth-order valence-corrected chi connectivity index (χ4v) is 2.82. The number of nitrogens with zero attached hydrogens (tertiary/aromatic N) is 2. The Balaban J connectivity index is 1.74. The van der Waals surface area contributed by atoms with Crippen LogP contribution in [-0.2, 0) is 6.54 Å². The summed E-state index contributed by atoms with van der Waals surface area (Å²) in [7, 11) is 0. The summed E-state index contributed by atoms with van der Waals surface area (Å²) in [5.74, 6) is 0.355. The maximum atomic E-state index is 12.3. The van der Waals surface area contributed by atoms with E-state index in [2.05, 4.69) is 57.5 Å². The molecule has 1 amide bonds. The van der Waals surface area contributed by atoms with Crippen molar-refractivity contribution in [1.29, 1.82) is 0 Å². The number of aromatic nitrogens is 2. The molecule has 122 valence electrons. The third kappa shape index (κ3) is 3.92. The highest BCUT2D eigenvalue weighted by molar-refractivity contribution is 9.10. The minimum atomic E-state index is -0.167. The highest BCUT2D eigenvalue weighted by Gasteiger charge is 2.12. The number of amides is 1. The van der Waals surface area contributed by atoms with Gasteiger partial charge in [0.05, 0.1) is 11.0 Å². The Labute approximate surface area is 149 Å². The zero-order valence-electron chi connectivity index (χ0n) is 13.6. The van der Waals surface area contributed by atoms with Gasteiger partial charge < -0.3 is 5.32 Å². The maximum Gasteiger partial charge on any atom is 0.256 e. The molecule has 3 aromatic rings. The molecule has 0 aliphatic heterocycles. The van der Waals surface area contributed by atoms with Crippen molar-refractivity contribution in [2.75, 3.05) is 5.32 Å². The molecular weight excluding hydrogens is 366 g/mol. The highest BCUT2D eigenvalue weighted by Crippen LogP contribution is 2.21. The average molecular weight is 384 g/mol. The van der Waals surface area contributed by atoms with Crippen LogP contribution in [-0.4, -0.2) is 15.7 Å². The van der Waals surface area contributed by atoms with Gasteiger partial charge in [0.1, 0.15) is 0 Å². The number of anilines is 1. The van der Waals surface area contributed by atoms with Gasteiger partial charge in [-0.1, -0.05) is 47.5 Å². The first-order valence-electron chi connectivity index (χ1n) is 7.68. The SMILES string of the molecule is Cc1ccc(Cn2cc(Br)c(NC(=O)c3cccc(C)c3)n2)cc1. The molecule has 2 aromatic carbocycles. The minimum Gasteiger partial charge on any atom is -0.304 e. The molecular formula is C19H18BrN3O. The smallest absolute Gasteiger partial charge is 0.256 e. The fraction of sp³-hybridized carbons (Fsp3) is 0.158. The van der Waals surface area contributed by atoms with Gasteiger partial charge in [-0.05, 0) is 47.5 Å². The molecule has 0 fully saturated rings. The Kier molecular flexibility index (Phi) is 4.81. The number of aryl methyl sites for hydroxylation is 2. The van der Waals surface area contributed by atoms with Crippen LogP contribution in [0.2, 0.25) is 0 Å². The highest BCUT2D eigenvalue weighted by atomic mass is 79.9. The van der Waals surface area contributed by atoms with Crippen molar-refractivity contribution in [2.45, 2.75) is 20.4 Å². The molecule has 0 radical (unpaired) electrons. The molecule has 24 heavy (non-hydrogen) atoms. The van der Waals surface area contributed by atoms with Crippen LogP contribution in [0.25, 0.3) is 0 Å². The van der Waals surface area contributed by atoms with E-state index in [-0.39, 0.29) is 5.91 Å². The van der Waals surface area contributed by atoms with Crippen molar-refractivity contribution in [3.63, 3.8) is 0 Å². The van der Waals surface area contributed by atoms with Crippen LogP contribution >= 0.6 is 15.9 Å². The number of hydrogen-bond donors (Lipinski definition) is 1. The van der Waals surface area contributed by atoms with Crippen molar-refractivity contribution < 1.29 is 4.79 Å². The molecule has 3 rings (SSSR count). The van der Waals surface area contributed by atoms with Gasteiger partial charge in [0.15, 0.2) is 5.82 Å². The Morgan fingerprint density at radius 2 is 1.88 bits per heavy atom. The van der Waals surface area contributed by atoms with Gasteiger partial charge >= 0.3 is 0 Å². The van der Waals surface area contributed by atoms with E-state index in [0.717, 1.165) is 15.6 Å². The normalized spacial score (nSPS) is 10.6. The van der Waals surface area contributed by atoms with Gasteiger partial charge in [0.2, 0.25) is 0 Å². The predicted octanol–water partition coefficient (Wildman–Crippen LogP) is 4.56. The van der Waals surface area contributed by atoms with Crippen molar-refractivity contribution >= 4 is 27.7 Å². The Hall–Kier alpha value is -2.40. The lowest BCUT2D eigenvalue weighted by Crippen LogP contribution is -2.13. The van der Waals surface area contributed by atoms with Crippen LogP contribution in [0.3, 0.4) is 0 Å². The number of benzene rings is 2. The third-order valence-electron chi connectivity index (χ3n) is 3.69. The first-order chi connectivity index (χ1) is 11.5. The summed E-state index contributed by atoms with van der Waals surface area (Å²) >= 11 is 3.46. The molecule has 1 aromatic heterocycles. The van der Waals surface area contributed by atoms with Crippen molar-refractivity contribution in [1.82, 2.24) is 9.78 Å². The lowest BCUT2D eigenvalue weighted by molar-refractivity contribution is 0.102. The molecule has 1 heterocycles. The molecule has 0 saturated carbocycles. The van der Waals surface area contributed by atoms with Gasteiger partial charge in [-0.25, -0.2) is 0 Å². The van der Waals surface area contributed by atoms with E-state index < -0.39 is 0 Å². The largest absolute Gasteiger partial charge is 0.304 e. The van der Waals surface area contributed by atoms with Gasteiger partial charge in [0, 0.05) is 11.8 Å². The summed E-state index contributed by atoms with van der Waals surface area (Å²) in [6.45, 7) is 4.68. The number of rotatable bonds is 4. The van der Waals surface area contributed by atoms with E-state index in [0.29, 0.717) is 17.9 Å². The van der Waals surface area contributed by atoms with Gasteiger partial charge in [-0.15, -0.1) is 0 Å². The maximum absolute atomic E-state index is 12.3. The predicted molar refractivity (Wildman–Crippen MR) is 99.3 cm³/mol. The van der Waals surface area contributed by atoms with Crippen LogP contribution < -0.4 is 5.32 Å². The van der Waals surface area contributed by atoms with Crippen LogP contribution in [0.5, 0.6) is 0 Å². The molecule has 0 atom stereocenters. The summed E-state index contributed by atoms with van der Waals surface area (Å²) in [6, 6.07) is 15.8. The Morgan fingerprint density at radius 3 is 2.58 bits per heavy atom. The molecule has 4 nitrogen and oxygen atoms in total. The number of nitrogens with one attached hydrogen (secondary N) is 1. The zero-order valence-corrected chi connectivity index (χ0v) is 15.2. The second-order valence-electron chi connectivity index (χ2n) is 5.83. The summed E-state index contributed by atoms with van der Waals surface area (Å²) in [5.41, 5.74) is 4.06. The summed E-state index contributed by atoms with van der Waals surface area (Å²) in [6.07, 6.45) is 1.87. The molecule has 0 unspecified atom stereocenters. The zero-order chi connectivity index (χ0) is 17.1. The number of carbonyl (C=O) groups excluding carboxylic acids is 1. The molecule has 0 bridgehead atoms. The van der Waals surface area contributed by atoms with E-state index in [1.165, 1.54) is 5.56 Å². The summed E-state index contributed by atoms with van der Waals surface area (Å²) in [4.78, 5) is 12.3. The van der Waals surface area contributed by atoms with Gasteiger partial charge in [-0.2, -0.15) is 5.10 Å². The lowest BCUT2D eigenvalue weighted by atomic mass is 10.1. The van der Waals surface area contributed by atoms with Crippen molar-refractivity contribution in [2.24, 2.45) is 0 Å². The number of hydrogen-bond acceptors (Lipinski definition) is 2. The first-order valence-corrected chi connectivity index (χ1v) is 8.47. The van der Waals surface area contributed by atoms with Gasteiger partial charge in [0.25, 0.3) is 5.91 Å². The van der Waals surface area contributed by atoms with E-state index in [4.69, 9.17) is 0 Å². The molecule has 1 N–H and O–H groups in total. The molecule has 5 heteroatoms. The van der Waals surface area contributed by atoms with E-state index in [9.17, 15) is 4.79 Å². The van der Waals surface area contributed by atoms with Crippen LogP contribution in [0.1, 0.15) is 27.0 Å². The van der Waals surface area contributed by atoms with E-state index >= 15 is 0 Å². The van der Waals surface area contributed by atoms with Gasteiger partial charge in [-0.3, -0.25) is 9.48 Å². The summed E-state index contributed by atoms with van der Waals surface area (Å²) < 4.78 is 2.57. The van der Waals surface area contributed by atoms with Crippen LogP contribution in [0.15, 0.2) is 59.2 Å². The molecule has 0 spiro atoms. The summed E-state index contributed by atoms with van der Waals surface area (Å²) in [5, 5.41) is 7.30. The number of halogens is 1. The monoisotopic (exact) mass is 383 g/mol. The third-order valence-corrected chi connectivity index (χ3v) is 4.27. The van der Waals surface area contributed by atoms with Crippen LogP contribution in [0.4, 0.5) is 5.82 Å². The standard InChI is InChI=1S/C19H18BrN3O/c1-13-6-8-15(9-7-13)11-23-12-17(20)18(22-23)21-19(24)16-5-3-4-14(2)10-16/h3-10,12H,11H2,1-2H3,(H,21,22,24). The Morgan fingerprint density at radius 1 is 1.12 bits per heavy atom. The van der Waals surface area contributed by atoms with E-state index in [1.54, 1.807) is 10.7 Å². The second kappa shape index (κ2) is 7.01. The fourth-order valence-electron chi connectivity index (χ4n) is 2.41. The lowest BCUT2D eigenvalue weighted by Gasteiger charge is -2.04. The van der Waals surface area contributed by atoms with Crippen LogP contribution in [0, 0.1) is 13.8 Å². The molecule has 0 aliphatic rings. The molecule has 0 saturated heterocycles. The van der Waals surface area contributed by atoms with Crippen molar-refractivity contribution in [3.8, 4) is 0 Å². The van der Waals surface area contributed by atoms with E-state index in [1.807, 2.05) is 31.3 Å². The Bertz CT molecular complexity index is 869. The average Bonchev–Trinajstić information content (AvgIpc) is 2.89. The number of carbonyl (C=O) groups is 1.